The Morgan fingerprint density at radius 3 is 2.77 bits per heavy atom. The fourth-order valence-corrected chi connectivity index (χ4v) is 3.77. The van der Waals surface area contributed by atoms with Gasteiger partial charge in [-0.05, 0) is 43.3 Å². The van der Waals surface area contributed by atoms with Crippen LogP contribution in [0.4, 0.5) is 24.5 Å². The predicted molar refractivity (Wildman–Crippen MR) is 110 cm³/mol. The third-order valence-corrected chi connectivity index (χ3v) is 5.37. The quantitative estimate of drug-likeness (QED) is 0.639. The summed E-state index contributed by atoms with van der Waals surface area (Å²) in [5.74, 6) is -0.629. The number of nitrogens with one attached hydrogen (secondary N) is 1. The molecule has 2 heterocycles. The van der Waals surface area contributed by atoms with Crippen molar-refractivity contribution in [3.05, 3.63) is 58.4 Å². The highest BCUT2D eigenvalue weighted by molar-refractivity contribution is 7.09. The van der Waals surface area contributed by atoms with E-state index < -0.39 is 23.6 Å². The van der Waals surface area contributed by atoms with Gasteiger partial charge in [0.1, 0.15) is 12.3 Å². The number of halogens is 3. The minimum absolute atomic E-state index is 0.00699. The molecule has 4 rings (SSSR count). The number of nitrogens with zero attached hydrogens (tertiary/aromatic N) is 2. The van der Waals surface area contributed by atoms with Gasteiger partial charge < -0.3 is 10.1 Å². The molecule has 160 valence electrons. The van der Waals surface area contributed by atoms with E-state index in [1.54, 1.807) is 12.1 Å². The summed E-state index contributed by atoms with van der Waals surface area (Å²) in [4.78, 5) is 30.6. The second kappa shape index (κ2) is 8.03. The second-order valence-corrected chi connectivity index (χ2v) is 7.89. The van der Waals surface area contributed by atoms with Crippen molar-refractivity contribution in [3.63, 3.8) is 0 Å². The maximum Gasteiger partial charge on any atom is 0.416 e. The SMILES string of the molecule is Cc1nc(-c2ccc3c(c2)N(CC(=O)Nc2cccc(C(F)(F)F)c2)C(=O)CO3)cs1. The van der Waals surface area contributed by atoms with Crippen LogP contribution in [-0.4, -0.2) is 29.9 Å². The van der Waals surface area contributed by atoms with Crippen molar-refractivity contribution >= 4 is 34.5 Å². The summed E-state index contributed by atoms with van der Waals surface area (Å²) in [5, 5.41) is 5.19. The Bertz CT molecular complexity index is 1160. The summed E-state index contributed by atoms with van der Waals surface area (Å²) >= 11 is 1.49. The molecule has 3 aromatic rings. The summed E-state index contributed by atoms with van der Waals surface area (Å²) in [6.45, 7) is 1.27. The zero-order valence-electron chi connectivity index (χ0n) is 16.2. The van der Waals surface area contributed by atoms with Crippen molar-refractivity contribution in [1.82, 2.24) is 4.98 Å². The van der Waals surface area contributed by atoms with Gasteiger partial charge in [-0.3, -0.25) is 14.5 Å². The van der Waals surface area contributed by atoms with Crippen LogP contribution in [0, 0.1) is 6.92 Å². The fourth-order valence-electron chi connectivity index (χ4n) is 3.15. The van der Waals surface area contributed by atoms with Crippen molar-refractivity contribution in [2.24, 2.45) is 0 Å². The molecule has 0 fully saturated rings. The van der Waals surface area contributed by atoms with Crippen molar-refractivity contribution in [3.8, 4) is 17.0 Å². The molecule has 0 spiro atoms. The molecular formula is C21H16F3N3O3S. The highest BCUT2D eigenvalue weighted by Crippen LogP contribution is 2.36. The number of hydrogen-bond donors (Lipinski definition) is 1. The summed E-state index contributed by atoms with van der Waals surface area (Å²) in [5.41, 5.74) is 1.01. The number of aromatic nitrogens is 1. The number of benzene rings is 2. The number of amides is 2. The van der Waals surface area contributed by atoms with Crippen molar-refractivity contribution in [1.29, 1.82) is 0 Å². The van der Waals surface area contributed by atoms with E-state index in [1.807, 2.05) is 18.4 Å². The number of fused-ring (bicyclic) bond motifs is 1. The molecular weight excluding hydrogens is 431 g/mol. The molecule has 0 saturated carbocycles. The summed E-state index contributed by atoms with van der Waals surface area (Å²) < 4.78 is 44.1. The molecule has 6 nitrogen and oxygen atoms in total. The Morgan fingerprint density at radius 2 is 2.06 bits per heavy atom. The number of anilines is 2. The lowest BCUT2D eigenvalue weighted by molar-refractivity contribution is -0.137. The Kier molecular flexibility index (Phi) is 5.40. The van der Waals surface area contributed by atoms with Gasteiger partial charge in [-0.25, -0.2) is 4.98 Å². The predicted octanol–water partition coefficient (Wildman–Crippen LogP) is 4.50. The van der Waals surface area contributed by atoms with Gasteiger partial charge in [0, 0.05) is 16.6 Å². The van der Waals surface area contributed by atoms with Crippen LogP contribution >= 0.6 is 11.3 Å². The molecule has 1 aromatic heterocycles. The number of carbonyl (C=O) groups is 2. The lowest BCUT2D eigenvalue weighted by Crippen LogP contribution is -2.43. The summed E-state index contributed by atoms with van der Waals surface area (Å²) in [6.07, 6.45) is -4.52. The highest BCUT2D eigenvalue weighted by Gasteiger charge is 2.31. The van der Waals surface area contributed by atoms with Crippen LogP contribution in [-0.2, 0) is 15.8 Å². The Morgan fingerprint density at radius 1 is 1.26 bits per heavy atom. The summed E-state index contributed by atoms with van der Waals surface area (Å²) in [6, 6.07) is 9.53. The average Bonchev–Trinajstić information content (AvgIpc) is 3.16. The maximum atomic E-state index is 12.9. The minimum atomic E-state index is -4.52. The number of hydrogen-bond acceptors (Lipinski definition) is 5. The van der Waals surface area contributed by atoms with Crippen molar-refractivity contribution in [2.45, 2.75) is 13.1 Å². The monoisotopic (exact) mass is 447 g/mol. The first-order valence-corrected chi connectivity index (χ1v) is 10.1. The molecule has 0 aliphatic carbocycles. The lowest BCUT2D eigenvalue weighted by atomic mass is 10.1. The number of thiazole rings is 1. The standard InChI is InChI=1S/C21H16F3N3O3S/c1-12-25-16(11-31-12)13-5-6-18-17(7-13)27(20(29)10-30-18)9-19(28)26-15-4-2-3-14(8-15)21(22,23)24/h2-8,11H,9-10H2,1H3,(H,26,28). The van der Waals surface area contributed by atoms with E-state index >= 15 is 0 Å². The Labute approximate surface area is 179 Å². The van der Waals surface area contributed by atoms with Gasteiger partial charge in [-0.1, -0.05) is 6.07 Å². The molecule has 0 unspecified atom stereocenters. The molecule has 31 heavy (non-hydrogen) atoms. The van der Waals surface area contributed by atoms with Crippen LogP contribution in [0.5, 0.6) is 5.75 Å². The van der Waals surface area contributed by atoms with Crippen LogP contribution in [0.15, 0.2) is 47.8 Å². The number of ether oxygens (including phenoxy) is 1. The zero-order chi connectivity index (χ0) is 22.2. The van der Waals surface area contributed by atoms with Gasteiger partial charge in [0.05, 0.1) is 22.0 Å². The van der Waals surface area contributed by atoms with Gasteiger partial charge in [0.15, 0.2) is 6.61 Å². The molecule has 0 atom stereocenters. The number of rotatable bonds is 4. The minimum Gasteiger partial charge on any atom is -0.482 e. The molecule has 1 aliphatic rings. The number of aryl methyl sites for hydroxylation is 1. The third kappa shape index (κ3) is 4.53. The first kappa shape index (κ1) is 20.9. The lowest BCUT2D eigenvalue weighted by Gasteiger charge is -2.29. The summed E-state index contributed by atoms with van der Waals surface area (Å²) in [7, 11) is 0. The molecule has 0 bridgehead atoms. The van der Waals surface area contributed by atoms with Crippen molar-refractivity contribution < 1.29 is 27.5 Å². The van der Waals surface area contributed by atoms with Crippen LogP contribution in [0.3, 0.4) is 0 Å². The van der Waals surface area contributed by atoms with Gasteiger partial charge >= 0.3 is 6.18 Å². The number of carbonyl (C=O) groups excluding carboxylic acids is 2. The Balaban J connectivity index is 1.56. The van der Waals surface area contributed by atoms with E-state index in [9.17, 15) is 22.8 Å². The molecule has 0 saturated heterocycles. The highest BCUT2D eigenvalue weighted by atomic mass is 32.1. The van der Waals surface area contributed by atoms with E-state index in [1.165, 1.54) is 28.4 Å². The zero-order valence-corrected chi connectivity index (χ0v) is 17.0. The Hall–Kier alpha value is -3.40. The van der Waals surface area contributed by atoms with Crippen LogP contribution in [0.1, 0.15) is 10.6 Å². The molecule has 2 amide bonds. The molecule has 0 radical (unpaired) electrons. The van der Waals surface area contributed by atoms with Crippen LogP contribution < -0.4 is 15.0 Å². The fraction of sp³-hybridized carbons (Fsp3) is 0.190. The van der Waals surface area contributed by atoms with Gasteiger partial charge in [0.25, 0.3) is 5.91 Å². The van der Waals surface area contributed by atoms with Crippen molar-refractivity contribution in [2.75, 3.05) is 23.4 Å². The van der Waals surface area contributed by atoms with Crippen LogP contribution in [0.2, 0.25) is 0 Å². The molecule has 1 N–H and O–H groups in total. The smallest absolute Gasteiger partial charge is 0.416 e. The third-order valence-electron chi connectivity index (χ3n) is 4.59. The van der Waals surface area contributed by atoms with Crippen LogP contribution in [0.25, 0.3) is 11.3 Å². The van der Waals surface area contributed by atoms with Gasteiger partial charge in [-0.15, -0.1) is 11.3 Å². The second-order valence-electron chi connectivity index (χ2n) is 6.83. The average molecular weight is 447 g/mol. The van der Waals surface area contributed by atoms with E-state index in [0.29, 0.717) is 11.4 Å². The van der Waals surface area contributed by atoms with Gasteiger partial charge in [-0.2, -0.15) is 13.2 Å². The van der Waals surface area contributed by atoms with E-state index in [0.717, 1.165) is 28.4 Å². The maximum absolute atomic E-state index is 12.9. The normalized spacial score (nSPS) is 13.5. The molecule has 10 heteroatoms. The van der Waals surface area contributed by atoms with E-state index in [-0.39, 0.29) is 18.8 Å². The topological polar surface area (TPSA) is 71.5 Å². The molecule has 2 aromatic carbocycles. The largest absolute Gasteiger partial charge is 0.482 e. The first-order valence-electron chi connectivity index (χ1n) is 9.17. The first-order chi connectivity index (χ1) is 14.7. The van der Waals surface area contributed by atoms with E-state index in [2.05, 4.69) is 10.3 Å². The van der Waals surface area contributed by atoms with E-state index in [4.69, 9.17) is 4.74 Å². The number of alkyl halides is 3. The van der Waals surface area contributed by atoms with Gasteiger partial charge in [0.2, 0.25) is 5.91 Å². The molecule has 1 aliphatic heterocycles.